The fourth-order valence-electron chi connectivity index (χ4n) is 4.47. The molecule has 1 amide bonds. The Morgan fingerprint density at radius 3 is 2.82 bits per heavy atom. The fourth-order valence-corrected chi connectivity index (χ4v) is 4.47. The molecule has 2 aromatic carbocycles. The Labute approximate surface area is 197 Å². The van der Waals surface area contributed by atoms with Gasteiger partial charge in [0.15, 0.2) is 0 Å². The van der Waals surface area contributed by atoms with Gasteiger partial charge in [0.1, 0.15) is 23.3 Å². The molecule has 34 heavy (non-hydrogen) atoms. The van der Waals surface area contributed by atoms with E-state index in [9.17, 15) is 14.7 Å². The van der Waals surface area contributed by atoms with Crippen LogP contribution < -0.4 is 14.4 Å². The van der Waals surface area contributed by atoms with Crippen LogP contribution in [0.5, 0.6) is 11.5 Å². The van der Waals surface area contributed by atoms with Crippen LogP contribution in [0.25, 0.3) is 5.76 Å². The number of Topliss-reactive ketones (excluding diaryl/α,β-unsaturated/α-hetero) is 1. The lowest BCUT2D eigenvalue weighted by molar-refractivity contribution is -0.132. The van der Waals surface area contributed by atoms with Crippen LogP contribution in [0.1, 0.15) is 36.2 Å². The molecule has 1 saturated heterocycles. The first-order valence-corrected chi connectivity index (χ1v) is 11.3. The van der Waals surface area contributed by atoms with Crippen molar-refractivity contribution in [2.24, 2.45) is 0 Å². The van der Waals surface area contributed by atoms with Gasteiger partial charge in [0.2, 0.25) is 0 Å². The number of aryl methyl sites for hydroxylation is 1. The van der Waals surface area contributed by atoms with Crippen LogP contribution in [-0.4, -0.2) is 35.0 Å². The molecule has 0 saturated carbocycles. The third kappa shape index (κ3) is 3.79. The summed E-state index contributed by atoms with van der Waals surface area (Å²) in [4.78, 5) is 32.4. The van der Waals surface area contributed by atoms with Gasteiger partial charge in [0, 0.05) is 23.5 Å². The van der Waals surface area contributed by atoms with Gasteiger partial charge in [-0.1, -0.05) is 12.1 Å². The van der Waals surface area contributed by atoms with E-state index in [-0.39, 0.29) is 11.3 Å². The predicted octanol–water partition coefficient (Wildman–Crippen LogP) is 4.43. The SMILES string of the molecule is CCOc1cccc(N2C(=O)C(=O)/C(=C(\O)c3ccc4c(c3)CCCO4)C2c2ccccn2)c1. The van der Waals surface area contributed by atoms with E-state index < -0.39 is 17.7 Å². The van der Waals surface area contributed by atoms with Crippen molar-refractivity contribution in [3.05, 3.63) is 89.3 Å². The van der Waals surface area contributed by atoms with E-state index in [4.69, 9.17) is 9.47 Å². The number of aromatic nitrogens is 1. The minimum absolute atomic E-state index is 0.00203. The second kappa shape index (κ2) is 9.02. The maximum atomic E-state index is 13.3. The largest absolute Gasteiger partial charge is 0.507 e. The van der Waals surface area contributed by atoms with E-state index >= 15 is 0 Å². The number of aliphatic hydroxyl groups is 1. The summed E-state index contributed by atoms with van der Waals surface area (Å²) < 4.78 is 11.3. The number of ether oxygens (including phenoxy) is 2. The van der Waals surface area contributed by atoms with Crippen LogP contribution in [0.4, 0.5) is 5.69 Å². The average molecular weight is 456 g/mol. The highest BCUT2D eigenvalue weighted by Crippen LogP contribution is 2.42. The Bertz CT molecular complexity index is 1290. The summed E-state index contributed by atoms with van der Waals surface area (Å²) in [7, 11) is 0. The number of anilines is 1. The maximum Gasteiger partial charge on any atom is 0.300 e. The number of ketones is 1. The molecule has 5 rings (SSSR count). The Hall–Kier alpha value is -4.13. The predicted molar refractivity (Wildman–Crippen MR) is 127 cm³/mol. The van der Waals surface area contributed by atoms with Gasteiger partial charge < -0.3 is 14.6 Å². The molecule has 3 heterocycles. The van der Waals surface area contributed by atoms with Gasteiger partial charge in [-0.3, -0.25) is 19.5 Å². The monoisotopic (exact) mass is 456 g/mol. The molecule has 0 aliphatic carbocycles. The van der Waals surface area contributed by atoms with Gasteiger partial charge in [-0.15, -0.1) is 0 Å². The standard InChI is InChI=1S/C27H24N2O5/c1-2-33-20-9-5-8-19(16-20)29-24(21-10-3-4-13-28-21)23(26(31)27(29)32)25(30)18-11-12-22-17(15-18)7-6-14-34-22/h3-5,8-13,15-16,24,30H,2,6-7,14H2,1H3/b25-23-. The lowest BCUT2D eigenvalue weighted by atomic mass is 9.96. The van der Waals surface area contributed by atoms with Crippen molar-refractivity contribution >= 4 is 23.1 Å². The van der Waals surface area contributed by atoms with Gasteiger partial charge in [-0.25, -0.2) is 0 Å². The Kier molecular flexibility index (Phi) is 5.76. The molecular weight excluding hydrogens is 432 g/mol. The van der Waals surface area contributed by atoms with Gasteiger partial charge in [-0.05, 0) is 67.8 Å². The Balaban J connectivity index is 1.66. The van der Waals surface area contributed by atoms with Gasteiger partial charge in [-0.2, -0.15) is 0 Å². The van der Waals surface area contributed by atoms with E-state index in [1.54, 1.807) is 60.8 Å². The molecule has 3 aromatic rings. The number of hydrogen-bond donors (Lipinski definition) is 1. The number of carbonyl (C=O) groups is 2. The number of amides is 1. The second-order valence-electron chi connectivity index (χ2n) is 8.13. The first-order valence-electron chi connectivity index (χ1n) is 11.3. The van der Waals surface area contributed by atoms with Gasteiger partial charge in [0.05, 0.1) is 24.5 Å². The van der Waals surface area contributed by atoms with Crippen molar-refractivity contribution < 1.29 is 24.2 Å². The van der Waals surface area contributed by atoms with Crippen molar-refractivity contribution in [2.45, 2.75) is 25.8 Å². The maximum absolute atomic E-state index is 13.3. The smallest absolute Gasteiger partial charge is 0.300 e. The minimum atomic E-state index is -0.884. The normalized spacial score (nSPS) is 19.0. The molecule has 0 spiro atoms. The second-order valence-corrected chi connectivity index (χ2v) is 8.13. The van der Waals surface area contributed by atoms with Crippen LogP contribution in [0, 0.1) is 0 Å². The van der Waals surface area contributed by atoms with Crippen molar-refractivity contribution in [1.82, 2.24) is 4.98 Å². The summed E-state index contributed by atoms with van der Waals surface area (Å²) >= 11 is 0. The average Bonchev–Trinajstić information content (AvgIpc) is 3.14. The molecule has 1 unspecified atom stereocenters. The first-order chi connectivity index (χ1) is 16.6. The quantitative estimate of drug-likeness (QED) is 0.347. The summed E-state index contributed by atoms with van der Waals surface area (Å²) in [6.45, 7) is 2.99. The van der Waals surface area contributed by atoms with Crippen molar-refractivity contribution in [2.75, 3.05) is 18.1 Å². The van der Waals surface area contributed by atoms with Crippen LogP contribution in [0.15, 0.2) is 72.4 Å². The summed E-state index contributed by atoms with van der Waals surface area (Å²) in [5, 5.41) is 11.3. The third-order valence-corrected chi connectivity index (χ3v) is 6.00. The summed E-state index contributed by atoms with van der Waals surface area (Å²) in [6, 6.07) is 16.7. The topological polar surface area (TPSA) is 89.0 Å². The number of aliphatic hydroxyl groups excluding tert-OH is 1. The lowest BCUT2D eigenvalue weighted by Gasteiger charge is -2.25. The molecular formula is C27H24N2O5. The van der Waals surface area contributed by atoms with E-state index in [1.807, 2.05) is 13.0 Å². The molecule has 1 N–H and O–H groups in total. The van der Waals surface area contributed by atoms with Gasteiger partial charge >= 0.3 is 0 Å². The highest BCUT2D eigenvalue weighted by atomic mass is 16.5. The zero-order valence-corrected chi connectivity index (χ0v) is 18.7. The van der Waals surface area contributed by atoms with Crippen LogP contribution in [-0.2, 0) is 16.0 Å². The molecule has 0 radical (unpaired) electrons. The van der Waals surface area contributed by atoms with Crippen molar-refractivity contribution in [1.29, 1.82) is 0 Å². The van der Waals surface area contributed by atoms with E-state index in [2.05, 4.69) is 4.98 Å². The highest BCUT2D eigenvalue weighted by molar-refractivity contribution is 6.51. The number of carbonyl (C=O) groups excluding carboxylic acids is 2. The number of fused-ring (bicyclic) bond motifs is 1. The third-order valence-electron chi connectivity index (χ3n) is 6.00. The number of rotatable bonds is 5. The molecule has 7 heteroatoms. The molecule has 0 bridgehead atoms. The number of pyridine rings is 1. The van der Waals surface area contributed by atoms with Crippen LogP contribution in [0.3, 0.4) is 0 Å². The fraction of sp³-hybridized carbons (Fsp3) is 0.222. The molecule has 2 aliphatic heterocycles. The van der Waals surface area contributed by atoms with Crippen molar-refractivity contribution in [3.8, 4) is 11.5 Å². The van der Waals surface area contributed by atoms with E-state index in [0.29, 0.717) is 35.9 Å². The molecule has 1 atom stereocenters. The van der Waals surface area contributed by atoms with Gasteiger partial charge in [0.25, 0.3) is 11.7 Å². The number of hydrogen-bond acceptors (Lipinski definition) is 6. The molecule has 7 nitrogen and oxygen atoms in total. The summed E-state index contributed by atoms with van der Waals surface area (Å²) in [5.41, 5.74) is 2.39. The summed E-state index contributed by atoms with van der Waals surface area (Å²) in [5.74, 6) is -0.365. The highest BCUT2D eigenvalue weighted by Gasteiger charge is 2.47. The zero-order valence-electron chi connectivity index (χ0n) is 18.7. The lowest BCUT2D eigenvalue weighted by Crippen LogP contribution is -2.29. The summed E-state index contributed by atoms with van der Waals surface area (Å²) in [6.07, 6.45) is 3.30. The molecule has 1 aromatic heterocycles. The Morgan fingerprint density at radius 1 is 1.15 bits per heavy atom. The molecule has 2 aliphatic rings. The molecule has 172 valence electrons. The van der Waals surface area contributed by atoms with E-state index in [0.717, 1.165) is 24.2 Å². The van der Waals surface area contributed by atoms with Crippen LogP contribution >= 0.6 is 0 Å². The minimum Gasteiger partial charge on any atom is -0.507 e. The van der Waals surface area contributed by atoms with Crippen molar-refractivity contribution in [3.63, 3.8) is 0 Å². The number of benzene rings is 2. The van der Waals surface area contributed by atoms with E-state index in [1.165, 1.54) is 4.90 Å². The Morgan fingerprint density at radius 2 is 2.03 bits per heavy atom. The zero-order chi connectivity index (χ0) is 23.7. The first kappa shape index (κ1) is 21.7. The number of nitrogens with zero attached hydrogens (tertiary/aromatic N) is 2. The van der Waals surface area contributed by atoms with Crippen LogP contribution in [0.2, 0.25) is 0 Å². The molecule has 1 fully saturated rings.